The third-order valence-corrected chi connectivity index (χ3v) is 4.53. The summed E-state index contributed by atoms with van der Waals surface area (Å²) in [4.78, 5) is 22.9. The van der Waals surface area contributed by atoms with Gasteiger partial charge in [-0.15, -0.1) is 6.42 Å². The smallest absolute Gasteiger partial charge is 0.305 e. The van der Waals surface area contributed by atoms with Gasteiger partial charge < -0.3 is 10.1 Å². The summed E-state index contributed by atoms with van der Waals surface area (Å²) < 4.78 is 30.5. The first-order valence-corrected chi connectivity index (χ1v) is 8.77. The van der Waals surface area contributed by atoms with Crippen molar-refractivity contribution in [2.75, 3.05) is 20.2 Å². The molecule has 0 aliphatic carbocycles. The van der Waals surface area contributed by atoms with E-state index in [0.717, 1.165) is 0 Å². The zero-order valence-electron chi connectivity index (χ0n) is 13.4. The fourth-order valence-electron chi connectivity index (χ4n) is 1.81. The SMILES string of the molecule is C#CCNS(=O)(=O)c1ccc(C(=O)NCCCCC(=O)OC)cc1. The van der Waals surface area contributed by atoms with E-state index < -0.39 is 10.0 Å². The lowest BCUT2D eigenvalue weighted by atomic mass is 10.2. The van der Waals surface area contributed by atoms with Gasteiger partial charge in [-0.1, -0.05) is 5.92 Å². The number of benzene rings is 1. The number of rotatable bonds is 9. The predicted molar refractivity (Wildman–Crippen MR) is 88.7 cm³/mol. The van der Waals surface area contributed by atoms with Crippen molar-refractivity contribution in [3.05, 3.63) is 29.8 Å². The van der Waals surface area contributed by atoms with Crippen molar-refractivity contribution in [3.63, 3.8) is 0 Å². The molecule has 0 bridgehead atoms. The largest absolute Gasteiger partial charge is 0.469 e. The molecule has 0 atom stereocenters. The Labute approximate surface area is 141 Å². The van der Waals surface area contributed by atoms with Gasteiger partial charge in [-0.2, -0.15) is 4.72 Å². The van der Waals surface area contributed by atoms with Gasteiger partial charge in [0, 0.05) is 18.5 Å². The Bertz CT molecular complexity index is 705. The summed E-state index contributed by atoms with van der Waals surface area (Å²) in [6.45, 7) is 0.315. The van der Waals surface area contributed by atoms with Crippen LogP contribution in [0.3, 0.4) is 0 Å². The van der Waals surface area contributed by atoms with E-state index in [1.165, 1.54) is 31.4 Å². The van der Waals surface area contributed by atoms with E-state index in [0.29, 0.717) is 31.4 Å². The third-order valence-electron chi connectivity index (χ3n) is 3.11. The van der Waals surface area contributed by atoms with Crippen molar-refractivity contribution in [3.8, 4) is 12.3 Å². The fourth-order valence-corrected chi connectivity index (χ4v) is 2.74. The normalized spacial score (nSPS) is 10.7. The van der Waals surface area contributed by atoms with Crippen LogP contribution in [0.25, 0.3) is 0 Å². The minimum atomic E-state index is -3.67. The number of unbranched alkanes of at least 4 members (excludes halogenated alkanes) is 1. The molecule has 1 aromatic carbocycles. The molecule has 8 heteroatoms. The Hall–Kier alpha value is -2.37. The number of methoxy groups -OCH3 is 1. The highest BCUT2D eigenvalue weighted by molar-refractivity contribution is 7.89. The molecule has 130 valence electrons. The van der Waals surface area contributed by atoms with Crippen LogP contribution in [-0.4, -0.2) is 40.5 Å². The quantitative estimate of drug-likeness (QED) is 0.386. The summed E-state index contributed by atoms with van der Waals surface area (Å²) in [6, 6.07) is 5.53. The average molecular weight is 352 g/mol. The first-order chi connectivity index (χ1) is 11.4. The van der Waals surface area contributed by atoms with Crippen molar-refractivity contribution >= 4 is 21.9 Å². The van der Waals surface area contributed by atoms with Crippen LogP contribution < -0.4 is 10.0 Å². The lowest BCUT2D eigenvalue weighted by Gasteiger charge is -2.07. The first-order valence-electron chi connectivity index (χ1n) is 7.29. The summed E-state index contributed by atoms with van der Waals surface area (Å²) in [5.74, 6) is 1.59. The molecule has 1 amide bonds. The van der Waals surface area contributed by atoms with E-state index in [9.17, 15) is 18.0 Å². The Kier molecular flexibility index (Phi) is 7.95. The van der Waals surface area contributed by atoms with Gasteiger partial charge in [-0.25, -0.2) is 8.42 Å². The maximum Gasteiger partial charge on any atom is 0.305 e. The highest BCUT2D eigenvalue weighted by Gasteiger charge is 2.13. The van der Waals surface area contributed by atoms with E-state index in [1.807, 2.05) is 0 Å². The second-order valence-corrected chi connectivity index (χ2v) is 6.61. The number of terminal acetylenes is 1. The molecule has 0 aromatic heterocycles. The molecule has 2 N–H and O–H groups in total. The van der Waals surface area contributed by atoms with Gasteiger partial charge >= 0.3 is 5.97 Å². The van der Waals surface area contributed by atoms with Crippen molar-refractivity contribution in [1.29, 1.82) is 0 Å². The number of carbonyl (C=O) groups is 2. The number of amides is 1. The molecule has 1 aromatic rings. The van der Waals surface area contributed by atoms with E-state index >= 15 is 0 Å². The van der Waals surface area contributed by atoms with Crippen LogP contribution in [-0.2, 0) is 19.6 Å². The van der Waals surface area contributed by atoms with Crippen molar-refractivity contribution < 1.29 is 22.7 Å². The van der Waals surface area contributed by atoms with Gasteiger partial charge in [-0.05, 0) is 37.1 Å². The Balaban J connectivity index is 2.49. The maximum absolute atomic E-state index is 11.9. The zero-order chi connectivity index (χ0) is 18.0. The summed E-state index contributed by atoms with van der Waals surface area (Å²) >= 11 is 0. The van der Waals surface area contributed by atoms with Gasteiger partial charge in [0.1, 0.15) is 0 Å². The van der Waals surface area contributed by atoms with Crippen LogP contribution in [0.4, 0.5) is 0 Å². The number of esters is 1. The third kappa shape index (κ3) is 6.40. The van der Waals surface area contributed by atoms with E-state index in [-0.39, 0.29) is 23.3 Å². The molecule has 0 aliphatic rings. The van der Waals surface area contributed by atoms with Crippen molar-refractivity contribution in [2.24, 2.45) is 0 Å². The molecule has 0 radical (unpaired) electrons. The van der Waals surface area contributed by atoms with Gasteiger partial charge in [0.05, 0.1) is 18.6 Å². The number of ether oxygens (including phenoxy) is 1. The maximum atomic E-state index is 11.9. The summed E-state index contributed by atoms with van der Waals surface area (Å²) in [6.07, 6.45) is 6.58. The Morgan fingerprint density at radius 3 is 2.46 bits per heavy atom. The predicted octanol–water partition coefficient (Wildman–Crippen LogP) is 0.671. The molecule has 0 spiro atoms. The molecule has 1 rings (SSSR count). The van der Waals surface area contributed by atoms with E-state index in [2.05, 4.69) is 20.7 Å². The summed E-state index contributed by atoms with van der Waals surface area (Å²) in [5.41, 5.74) is 0.346. The van der Waals surface area contributed by atoms with Crippen LogP contribution in [0.1, 0.15) is 29.6 Å². The molecule has 0 saturated heterocycles. The van der Waals surface area contributed by atoms with Crippen LogP contribution in [0.5, 0.6) is 0 Å². The fraction of sp³-hybridized carbons (Fsp3) is 0.375. The minimum Gasteiger partial charge on any atom is -0.469 e. The molecule has 0 saturated carbocycles. The lowest BCUT2D eigenvalue weighted by molar-refractivity contribution is -0.140. The standard InChI is InChI=1S/C16H20N2O5S/c1-3-11-18-24(21,22)14-9-7-13(8-10-14)16(20)17-12-5-4-6-15(19)23-2/h1,7-10,18H,4-6,11-12H2,2H3,(H,17,20). The minimum absolute atomic E-state index is 0.0346. The monoisotopic (exact) mass is 352 g/mol. The number of nitrogens with one attached hydrogen (secondary N) is 2. The molecule has 24 heavy (non-hydrogen) atoms. The number of sulfonamides is 1. The van der Waals surface area contributed by atoms with Crippen LogP contribution in [0, 0.1) is 12.3 Å². The van der Waals surface area contributed by atoms with Gasteiger partial charge in [-0.3, -0.25) is 9.59 Å². The molecule has 7 nitrogen and oxygen atoms in total. The second kappa shape index (κ2) is 9.70. The van der Waals surface area contributed by atoms with E-state index in [1.54, 1.807) is 0 Å². The highest BCUT2D eigenvalue weighted by atomic mass is 32.2. The van der Waals surface area contributed by atoms with Crippen molar-refractivity contribution in [1.82, 2.24) is 10.0 Å². The molecule has 0 aliphatic heterocycles. The molecule has 0 fully saturated rings. The van der Waals surface area contributed by atoms with Gasteiger partial charge in [0.15, 0.2) is 0 Å². The van der Waals surface area contributed by atoms with Gasteiger partial charge in [0.25, 0.3) is 5.91 Å². The number of hydrogen-bond acceptors (Lipinski definition) is 5. The van der Waals surface area contributed by atoms with Crippen LogP contribution in [0.15, 0.2) is 29.2 Å². The Morgan fingerprint density at radius 2 is 1.88 bits per heavy atom. The topological polar surface area (TPSA) is 102 Å². The summed E-state index contributed by atoms with van der Waals surface area (Å²) in [5, 5.41) is 2.70. The van der Waals surface area contributed by atoms with Crippen molar-refractivity contribution in [2.45, 2.75) is 24.2 Å². The lowest BCUT2D eigenvalue weighted by Crippen LogP contribution is -2.25. The average Bonchev–Trinajstić information content (AvgIpc) is 2.59. The second-order valence-electron chi connectivity index (χ2n) is 4.84. The van der Waals surface area contributed by atoms with Crippen LogP contribution >= 0.6 is 0 Å². The summed E-state index contributed by atoms with van der Waals surface area (Å²) in [7, 11) is -2.34. The van der Waals surface area contributed by atoms with E-state index in [4.69, 9.17) is 6.42 Å². The first kappa shape index (κ1) is 19.7. The van der Waals surface area contributed by atoms with Gasteiger partial charge in [0.2, 0.25) is 10.0 Å². The zero-order valence-corrected chi connectivity index (χ0v) is 14.2. The highest BCUT2D eigenvalue weighted by Crippen LogP contribution is 2.10. The van der Waals surface area contributed by atoms with Crippen LogP contribution in [0.2, 0.25) is 0 Å². The molecular formula is C16H20N2O5S. The molecule has 0 unspecified atom stereocenters. The molecular weight excluding hydrogens is 332 g/mol. The number of hydrogen-bond donors (Lipinski definition) is 2. The molecule has 0 heterocycles. The Morgan fingerprint density at radius 1 is 1.21 bits per heavy atom. The number of carbonyl (C=O) groups excluding carboxylic acids is 2.